The Morgan fingerprint density at radius 3 is 2.57 bits per heavy atom. The van der Waals surface area contributed by atoms with E-state index in [1.54, 1.807) is 18.2 Å². The Morgan fingerprint density at radius 1 is 1.26 bits per heavy atom. The third kappa shape index (κ3) is 5.77. The Bertz CT molecular complexity index is 728. The Kier molecular flexibility index (Phi) is 5.79. The molecule has 23 heavy (non-hydrogen) atoms. The zero-order chi connectivity index (χ0) is 16.7. The standard InChI is InChI=1S/C13H16N4O5S/c1-2-17(9-10-21-23(18,19)20)12-5-3-11(4-6-12)15-16-13-7-8-14-22-13/h3-8H,2,9-10H2,1H3,(H,18,19,20)/p-1. The number of azo groups is 1. The Labute approximate surface area is 133 Å². The van der Waals surface area contributed by atoms with Crippen molar-refractivity contribution in [2.45, 2.75) is 6.92 Å². The van der Waals surface area contributed by atoms with Gasteiger partial charge >= 0.3 is 0 Å². The van der Waals surface area contributed by atoms with E-state index in [0.717, 1.165) is 5.69 Å². The average Bonchev–Trinajstić information content (AvgIpc) is 3.03. The van der Waals surface area contributed by atoms with E-state index in [-0.39, 0.29) is 13.2 Å². The van der Waals surface area contributed by atoms with E-state index in [2.05, 4.69) is 19.6 Å². The molecule has 124 valence electrons. The van der Waals surface area contributed by atoms with E-state index < -0.39 is 10.4 Å². The number of hydrogen-bond donors (Lipinski definition) is 0. The SMILES string of the molecule is CCN(CCOS(=O)(=O)[O-])c1ccc(N=Nc2ccno2)cc1. The van der Waals surface area contributed by atoms with Gasteiger partial charge in [-0.25, -0.2) is 8.42 Å². The molecule has 0 radical (unpaired) electrons. The first-order chi connectivity index (χ1) is 11.0. The summed E-state index contributed by atoms with van der Waals surface area (Å²) in [5.74, 6) is 0.306. The maximum Gasteiger partial charge on any atom is 0.269 e. The summed E-state index contributed by atoms with van der Waals surface area (Å²) in [6.07, 6.45) is 1.47. The predicted molar refractivity (Wildman–Crippen MR) is 80.7 cm³/mol. The fourth-order valence-electron chi connectivity index (χ4n) is 1.82. The Hall–Kier alpha value is -2.30. The number of hydrogen-bond acceptors (Lipinski definition) is 9. The van der Waals surface area contributed by atoms with Crippen molar-refractivity contribution in [1.82, 2.24) is 5.16 Å². The lowest BCUT2D eigenvalue weighted by atomic mass is 10.2. The molecule has 1 aromatic heterocycles. The summed E-state index contributed by atoms with van der Waals surface area (Å²) < 4.78 is 40.3. The van der Waals surface area contributed by atoms with Gasteiger partial charge in [-0.05, 0) is 31.2 Å². The first-order valence-electron chi connectivity index (χ1n) is 6.75. The molecule has 0 saturated carbocycles. The quantitative estimate of drug-likeness (QED) is 0.411. The lowest BCUT2D eigenvalue weighted by Gasteiger charge is -2.23. The van der Waals surface area contributed by atoms with Crippen LogP contribution in [0.25, 0.3) is 0 Å². The molecule has 0 N–H and O–H groups in total. The van der Waals surface area contributed by atoms with Gasteiger partial charge in [-0.3, -0.25) is 4.18 Å². The molecule has 0 atom stereocenters. The van der Waals surface area contributed by atoms with Crippen molar-refractivity contribution >= 4 is 27.7 Å². The van der Waals surface area contributed by atoms with Gasteiger partial charge in [-0.15, -0.1) is 10.2 Å². The first kappa shape index (κ1) is 17.1. The molecule has 0 amide bonds. The zero-order valence-electron chi connectivity index (χ0n) is 12.3. The van der Waals surface area contributed by atoms with Crippen LogP contribution in [0.2, 0.25) is 0 Å². The van der Waals surface area contributed by atoms with Gasteiger partial charge in [0.25, 0.3) is 5.88 Å². The second-order valence-corrected chi connectivity index (χ2v) is 5.43. The van der Waals surface area contributed by atoms with Gasteiger partial charge < -0.3 is 14.0 Å². The summed E-state index contributed by atoms with van der Waals surface area (Å²) in [4.78, 5) is 1.86. The molecule has 0 aliphatic carbocycles. The smallest absolute Gasteiger partial charge is 0.269 e. The second kappa shape index (κ2) is 7.81. The van der Waals surface area contributed by atoms with Gasteiger partial charge in [0.1, 0.15) is 0 Å². The highest BCUT2D eigenvalue weighted by Gasteiger charge is 2.05. The van der Waals surface area contributed by atoms with Crippen LogP contribution >= 0.6 is 0 Å². The van der Waals surface area contributed by atoms with Crippen LogP contribution in [0, 0.1) is 0 Å². The van der Waals surface area contributed by atoms with E-state index in [1.807, 2.05) is 24.0 Å². The van der Waals surface area contributed by atoms with E-state index in [9.17, 15) is 13.0 Å². The summed E-state index contributed by atoms with van der Waals surface area (Å²) in [6, 6.07) is 8.71. The molecular weight excluding hydrogens is 324 g/mol. The van der Waals surface area contributed by atoms with Gasteiger partial charge in [-0.2, -0.15) is 0 Å². The minimum Gasteiger partial charge on any atom is -0.726 e. The maximum absolute atomic E-state index is 10.4. The minimum atomic E-state index is -4.66. The molecule has 0 saturated heterocycles. The Morgan fingerprint density at radius 2 is 2.00 bits per heavy atom. The van der Waals surface area contributed by atoms with Crippen molar-refractivity contribution in [3.63, 3.8) is 0 Å². The third-order valence-corrected chi connectivity index (χ3v) is 3.33. The molecule has 0 fully saturated rings. The van der Waals surface area contributed by atoms with Crippen molar-refractivity contribution in [2.24, 2.45) is 10.2 Å². The summed E-state index contributed by atoms with van der Waals surface area (Å²) in [5.41, 5.74) is 1.47. The number of aromatic nitrogens is 1. The molecule has 0 aliphatic rings. The van der Waals surface area contributed by atoms with Gasteiger partial charge in [0.05, 0.1) is 18.5 Å². The average molecular weight is 339 g/mol. The highest BCUT2D eigenvalue weighted by Crippen LogP contribution is 2.22. The molecule has 9 nitrogen and oxygen atoms in total. The largest absolute Gasteiger partial charge is 0.726 e. The summed E-state index contributed by atoms with van der Waals surface area (Å²) >= 11 is 0. The molecule has 1 aromatic carbocycles. The summed E-state index contributed by atoms with van der Waals surface area (Å²) in [7, 11) is -4.66. The van der Waals surface area contributed by atoms with Crippen LogP contribution in [-0.4, -0.2) is 37.8 Å². The van der Waals surface area contributed by atoms with Crippen molar-refractivity contribution < 1.29 is 21.7 Å². The van der Waals surface area contributed by atoms with Gasteiger partial charge in [0, 0.05) is 24.8 Å². The van der Waals surface area contributed by atoms with Crippen LogP contribution in [0.5, 0.6) is 0 Å². The highest BCUT2D eigenvalue weighted by atomic mass is 32.3. The number of nitrogens with zero attached hydrogens (tertiary/aromatic N) is 4. The zero-order valence-corrected chi connectivity index (χ0v) is 13.1. The van der Waals surface area contributed by atoms with Crippen LogP contribution in [0.3, 0.4) is 0 Å². The second-order valence-electron chi connectivity index (χ2n) is 4.38. The molecule has 0 bridgehead atoms. The van der Waals surface area contributed by atoms with Crippen molar-refractivity contribution in [2.75, 3.05) is 24.6 Å². The van der Waals surface area contributed by atoms with Crippen LogP contribution in [0.4, 0.5) is 17.3 Å². The topological polar surface area (TPSA) is 120 Å². The lowest BCUT2D eigenvalue weighted by Crippen LogP contribution is -2.27. The van der Waals surface area contributed by atoms with E-state index in [1.165, 1.54) is 6.20 Å². The number of rotatable bonds is 8. The minimum absolute atomic E-state index is 0.202. The van der Waals surface area contributed by atoms with Crippen molar-refractivity contribution in [1.29, 1.82) is 0 Å². The van der Waals surface area contributed by atoms with E-state index in [4.69, 9.17) is 4.52 Å². The molecule has 0 spiro atoms. The van der Waals surface area contributed by atoms with Crippen molar-refractivity contribution in [3.05, 3.63) is 36.5 Å². The predicted octanol–water partition coefficient (Wildman–Crippen LogP) is 2.39. The number of likely N-dealkylation sites (N-methyl/N-ethyl adjacent to an activating group) is 1. The first-order valence-corrected chi connectivity index (χ1v) is 8.09. The normalized spacial score (nSPS) is 11.9. The third-order valence-electron chi connectivity index (χ3n) is 2.87. The molecule has 1 heterocycles. The fraction of sp³-hybridized carbons (Fsp3) is 0.308. The van der Waals surface area contributed by atoms with Gasteiger partial charge in [-0.1, -0.05) is 5.16 Å². The molecule has 0 unspecified atom stereocenters. The molecular formula is C13H15N4O5S-. The monoisotopic (exact) mass is 339 g/mol. The van der Waals surface area contributed by atoms with E-state index >= 15 is 0 Å². The van der Waals surface area contributed by atoms with Gasteiger partial charge in [0.2, 0.25) is 10.4 Å². The van der Waals surface area contributed by atoms with Crippen molar-refractivity contribution in [3.8, 4) is 0 Å². The van der Waals surface area contributed by atoms with E-state index in [0.29, 0.717) is 18.1 Å². The van der Waals surface area contributed by atoms with Crippen LogP contribution < -0.4 is 4.90 Å². The number of benzene rings is 1. The fourth-order valence-corrected chi connectivity index (χ4v) is 2.10. The summed E-state index contributed by atoms with van der Waals surface area (Å²) in [6.45, 7) is 2.61. The molecule has 10 heteroatoms. The highest BCUT2D eigenvalue weighted by molar-refractivity contribution is 7.80. The summed E-state index contributed by atoms with van der Waals surface area (Å²) in [5, 5.41) is 11.4. The molecule has 0 aliphatic heterocycles. The number of anilines is 1. The molecule has 2 aromatic rings. The van der Waals surface area contributed by atoms with Gasteiger partial charge in [0.15, 0.2) is 0 Å². The lowest BCUT2D eigenvalue weighted by molar-refractivity contribution is 0.266. The van der Waals surface area contributed by atoms with Crippen LogP contribution in [0.15, 0.2) is 51.3 Å². The van der Waals surface area contributed by atoms with Crippen LogP contribution in [-0.2, 0) is 14.6 Å². The molecule has 2 rings (SSSR count). The maximum atomic E-state index is 10.4. The van der Waals surface area contributed by atoms with Crippen LogP contribution in [0.1, 0.15) is 6.92 Å². The Balaban J connectivity index is 1.96.